The number of benzene rings is 2. The van der Waals surface area contributed by atoms with Gasteiger partial charge >= 0.3 is 12.1 Å². The first-order chi connectivity index (χ1) is 17.7. The summed E-state index contributed by atoms with van der Waals surface area (Å²) in [6.45, 7) is 1.93. The third kappa shape index (κ3) is 4.43. The predicted molar refractivity (Wildman–Crippen MR) is 131 cm³/mol. The molecule has 196 valence electrons. The lowest BCUT2D eigenvalue weighted by Gasteiger charge is -2.34. The molecule has 3 aromatic rings. The Labute approximate surface area is 212 Å². The Morgan fingerprint density at radius 1 is 1.14 bits per heavy atom. The highest BCUT2D eigenvalue weighted by atomic mass is 19.1. The van der Waals surface area contributed by atoms with Crippen LogP contribution in [0.2, 0.25) is 0 Å². The van der Waals surface area contributed by atoms with E-state index < -0.39 is 35.7 Å². The minimum Gasteiger partial charge on any atom is -0.481 e. The Hall–Kier alpha value is -3.53. The molecule has 8 nitrogen and oxygen atoms in total. The van der Waals surface area contributed by atoms with E-state index >= 15 is 0 Å². The summed E-state index contributed by atoms with van der Waals surface area (Å²) in [5.74, 6) is -2.86. The molecule has 4 atom stereocenters. The molecular formula is C27H29F2N3O5. The van der Waals surface area contributed by atoms with Crippen LogP contribution in [0.1, 0.15) is 68.1 Å². The Balaban J connectivity index is 1.71. The Morgan fingerprint density at radius 2 is 1.86 bits per heavy atom. The van der Waals surface area contributed by atoms with Gasteiger partial charge in [-0.15, -0.1) is 0 Å². The number of amides is 1. The van der Waals surface area contributed by atoms with Crippen LogP contribution in [0.15, 0.2) is 30.3 Å². The van der Waals surface area contributed by atoms with Crippen molar-refractivity contribution in [2.75, 3.05) is 12.0 Å². The number of carbonyl (C=O) groups excluding carboxylic acids is 1. The fraction of sp³-hybridized carbons (Fsp3) is 0.444. The molecule has 1 aliphatic carbocycles. The monoisotopic (exact) mass is 513 g/mol. The van der Waals surface area contributed by atoms with Crippen LogP contribution in [0.4, 0.5) is 19.3 Å². The van der Waals surface area contributed by atoms with E-state index in [1.54, 1.807) is 4.90 Å². The standard InChI is InChI=1S/C27H29F2N3O5/c1-14-6-7-20-21(31(14)27(36)37-2)8-9-22-23(20)30-25(24(33)16-10-17(28)13-18(29)11-16)32(22)19-5-3-4-15(12-19)26(34)35/h8-11,13-15,19,24,33H,3-7,12H2,1-2H3,(H,34,35)/t14-,15+,19+,24+/m0/s1. The number of carbonyl (C=O) groups is 2. The predicted octanol–water partition coefficient (Wildman–Crippen LogP) is 5.12. The first-order valence-corrected chi connectivity index (χ1v) is 12.5. The van der Waals surface area contributed by atoms with Crippen LogP contribution >= 0.6 is 0 Å². The number of aromatic nitrogens is 2. The second-order valence-electron chi connectivity index (χ2n) is 9.96. The minimum absolute atomic E-state index is 0.0123. The lowest BCUT2D eigenvalue weighted by Crippen LogP contribution is -2.42. The van der Waals surface area contributed by atoms with E-state index in [1.165, 1.54) is 7.11 Å². The van der Waals surface area contributed by atoms with Crippen molar-refractivity contribution in [1.82, 2.24) is 9.55 Å². The zero-order valence-corrected chi connectivity index (χ0v) is 20.7. The van der Waals surface area contributed by atoms with E-state index in [4.69, 9.17) is 9.72 Å². The first kappa shape index (κ1) is 25.1. The van der Waals surface area contributed by atoms with Gasteiger partial charge < -0.3 is 19.5 Å². The number of fused-ring (bicyclic) bond motifs is 3. The average molecular weight is 514 g/mol. The number of hydrogen-bond donors (Lipinski definition) is 2. The lowest BCUT2D eigenvalue weighted by atomic mass is 9.85. The molecule has 1 amide bonds. The number of carboxylic acid groups (broad SMARTS) is 1. The van der Waals surface area contributed by atoms with Gasteiger partial charge in [0.1, 0.15) is 23.6 Å². The Kier molecular flexibility index (Phi) is 6.61. The molecule has 1 aromatic heterocycles. The van der Waals surface area contributed by atoms with Gasteiger partial charge in [0.25, 0.3) is 0 Å². The number of nitrogens with zero attached hydrogens (tertiary/aromatic N) is 3. The normalized spacial score (nSPS) is 22.5. The topological polar surface area (TPSA) is 105 Å². The highest BCUT2D eigenvalue weighted by molar-refractivity contribution is 5.95. The van der Waals surface area contributed by atoms with Gasteiger partial charge in [-0.2, -0.15) is 0 Å². The molecule has 2 heterocycles. The lowest BCUT2D eigenvalue weighted by molar-refractivity contribution is -0.143. The number of aliphatic hydroxyl groups is 1. The SMILES string of the molecule is COC(=O)N1c2ccc3c(nc([C@H](O)c4cc(F)cc(F)c4)n3[C@@H]3CCC[C@@H](C(=O)O)C3)c2CC[C@@H]1C. The maximum absolute atomic E-state index is 14.0. The summed E-state index contributed by atoms with van der Waals surface area (Å²) in [5, 5.41) is 21.0. The number of rotatable bonds is 4. The Morgan fingerprint density at radius 3 is 2.54 bits per heavy atom. The third-order valence-corrected chi connectivity index (χ3v) is 7.66. The van der Waals surface area contributed by atoms with Crippen LogP contribution in [0, 0.1) is 17.6 Å². The molecule has 0 saturated heterocycles. The zero-order valence-electron chi connectivity index (χ0n) is 20.7. The molecule has 1 aliphatic heterocycles. The van der Waals surface area contributed by atoms with E-state index in [-0.39, 0.29) is 23.5 Å². The molecule has 0 unspecified atom stereocenters. The molecule has 10 heteroatoms. The molecule has 2 aliphatic rings. The van der Waals surface area contributed by atoms with Gasteiger partial charge in [-0.1, -0.05) is 6.42 Å². The average Bonchev–Trinajstić information content (AvgIpc) is 3.27. The minimum atomic E-state index is -1.45. The quantitative estimate of drug-likeness (QED) is 0.502. The van der Waals surface area contributed by atoms with Gasteiger partial charge in [0.2, 0.25) is 0 Å². The summed E-state index contributed by atoms with van der Waals surface area (Å²) in [6.07, 6.45) is 1.64. The molecular weight excluding hydrogens is 484 g/mol. The number of anilines is 1. The number of imidazole rings is 1. The van der Waals surface area contributed by atoms with Gasteiger partial charge in [0, 0.05) is 23.7 Å². The molecule has 1 saturated carbocycles. The molecule has 0 spiro atoms. The number of ether oxygens (including phenoxy) is 1. The second-order valence-corrected chi connectivity index (χ2v) is 9.96. The first-order valence-electron chi connectivity index (χ1n) is 12.5. The van der Waals surface area contributed by atoms with Crippen molar-refractivity contribution in [3.05, 3.63) is 58.9 Å². The van der Waals surface area contributed by atoms with Crippen molar-refractivity contribution >= 4 is 28.8 Å². The van der Waals surface area contributed by atoms with Crippen LogP contribution in [-0.2, 0) is 16.0 Å². The number of halogens is 2. The smallest absolute Gasteiger partial charge is 0.414 e. The van der Waals surface area contributed by atoms with Gasteiger partial charge in [-0.05, 0) is 68.9 Å². The summed E-state index contributed by atoms with van der Waals surface area (Å²) < 4.78 is 34.9. The highest BCUT2D eigenvalue weighted by Crippen LogP contribution is 2.42. The van der Waals surface area contributed by atoms with E-state index in [0.29, 0.717) is 55.2 Å². The molecule has 1 fully saturated rings. The van der Waals surface area contributed by atoms with E-state index in [1.807, 2.05) is 23.6 Å². The molecule has 37 heavy (non-hydrogen) atoms. The third-order valence-electron chi connectivity index (χ3n) is 7.66. The fourth-order valence-corrected chi connectivity index (χ4v) is 5.87. The van der Waals surface area contributed by atoms with Crippen LogP contribution in [0.3, 0.4) is 0 Å². The van der Waals surface area contributed by atoms with Crippen LogP contribution in [0.5, 0.6) is 0 Å². The summed E-state index contributed by atoms with van der Waals surface area (Å²) in [7, 11) is 1.32. The van der Waals surface area contributed by atoms with E-state index in [2.05, 4.69) is 0 Å². The van der Waals surface area contributed by atoms with Crippen LogP contribution in [-0.4, -0.2) is 45.0 Å². The fourth-order valence-electron chi connectivity index (χ4n) is 5.87. The largest absolute Gasteiger partial charge is 0.481 e. The summed E-state index contributed by atoms with van der Waals surface area (Å²) in [6, 6.07) is 6.12. The van der Waals surface area contributed by atoms with Crippen LogP contribution < -0.4 is 4.90 Å². The summed E-state index contributed by atoms with van der Waals surface area (Å²) in [4.78, 5) is 30.7. The van der Waals surface area contributed by atoms with Gasteiger partial charge in [0.15, 0.2) is 0 Å². The van der Waals surface area contributed by atoms with Gasteiger partial charge in [-0.25, -0.2) is 18.6 Å². The molecule has 0 bridgehead atoms. The zero-order chi connectivity index (χ0) is 26.4. The molecule has 0 radical (unpaired) electrons. The molecule has 2 aromatic carbocycles. The summed E-state index contributed by atoms with van der Waals surface area (Å²) >= 11 is 0. The van der Waals surface area contributed by atoms with Crippen molar-refractivity contribution in [1.29, 1.82) is 0 Å². The van der Waals surface area contributed by atoms with Crippen molar-refractivity contribution in [2.45, 2.75) is 63.6 Å². The van der Waals surface area contributed by atoms with Crippen LogP contribution in [0.25, 0.3) is 11.0 Å². The number of aliphatic hydroxyl groups excluding tert-OH is 1. The summed E-state index contributed by atoms with van der Waals surface area (Å²) in [5.41, 5.74) is 2.73. The molecule has 2 N–H and O–H groups in total. The maximum atomic E-state index is 14.0. The van der Waals surface area contributed by atoms with E-state index in [0.717, 1.165) is 23.8 Å². The number of carboxylic acids is 1. The number of aryl methyl sites for hydroxylation is 1. The van der Waals surface area contributed by atoms with Crippen molar-refractivity contribution in [2.24, 2.45) is 5.92 Å². The van der Waals surface area contributed by atoms with Crippen molar-refractivity contribution in [3.63, 3.8) is 0 Å². The molecule has 5 rings (SSSR count). The maximum Gasteiger partial charge on any atom is 0.414 e. The van der Waals surface area contributed by atoms with Crippen molar-refractivity contribution < 1.29 is 33.3 Å². The second kappa shape index (κ2) is 9.74. The number of hydrogen-bond acceptors (Lipinski definition) is 5. The Bertz CT molecular complexity index is 1350. The van der Waals surface area contributed by atoms with E-state index in [9.17, 15) is 28.6 Å². The van der Waals surface area contributed by atoms with Gasteiger partial charge in [0.05, 0.1) is 29.7 Å². The number of methoxy groups -OCH3 is 1. The van der Waals surface area contributed by atoms with Gasteiger partial charge in [-0.3, -0.25) is 9.69 Å². The number of aliphatic carboxylic acids is 1. The van der Waals surface area contributed by atoms with Crippen molar-refractivity contribution in [3.8, 4) is 0 Å². The highest BCUT2D eigenvalue weighted by Gasteiger charge is 2.35.